The molecule has 0 amide bonds. The molecular formula is C13H15N5O. The molecule has 2 aromatic rings. The van der Waals surface area contributed by atoms with Crippen LogP contribution >= 0.6 is 0 Å². The van der Waals surface area contributed by atoms with E-state index in [1.807, 2.05) is 0 Å². The number of hydrogen-bond acceptors (Lipinski definition) is 5. The summed E-state index contributed by atoms with van der Waals surface area (Å²) in [5.41, 5.74) is 8.10. The molecule has 0 fully saturated rings. The molecule has 0 radical (unpaired) electrons. The predicted molar refractivity (Wildman–Crippen MR) is 72.5 cm³/mol. The summed E-state index contributed by atoms with van der Waals surface area (Å²) in [4.78, 5) is 0. The van der Waals surface area contributed by atoms with Gasteiger partial charge in [-0.3, -0.25) is 4.68 Å². The van der Waals surface area contributed by atoms with Crippen LogP contribution in [0.5, 0.6) is 5.75 Å². The molecule has 0 atom stereocenters. The maximum absolute atomic E-state index is 9.73. The molecule has 0 aliphatic heterocycles. The fourth-order valence-corrected chi connectivity index (χ4v) is 1.92. The van der Waals surface area contributed by atoms with E-state index in [-0.39, 0.29) is 5.75 Å². The van der Waals surface area contributed by atoms with E-state index >= 15 is 0 Å². The van der Waals surface area contributed by atoms with Gasteiger partial charge in [-0.2, -0.15) is 10.4 Å². The van der Waals surface area contributed by atoms with Crippen molar-refractivity contribution in [2.75, 3.05) is 11.1 Å². The van der Waals surface area contributed by atoms with E-state index in [2.05, 4.69) is 16.5 Å². The molecule has 0 unspecified atom stereocenters. The maximum atomic E-state index is 9.73. The van der Waals surface area contributed by atoms with Crippen molar-refractivity contribution in [3.05, 3.63) is 35.0 Å². The smallest absolute Gasteiger partial charge is 0.142 e. The van der Waals surface area contributed by atoms with Crippen LogP contribution in [-0.2, 0) is 13.6 Å². The molecule has 0 aliphatic carbocycles. The van der Waals surface area contributed by atoms with Gasteiger partial charge in [0.1, 0.15) is 23.2 Å². The van der Waals surface area contributed by atoms with Gasteiger partial charge in [-0.25, -0.2) is 0 Å². The first-order valence-electron chi connectivity index (χ1n) is 5.78. The number of phenolic OH excluding ortho intramolecular Hbond substituents is 1. The topological polar surface area (TPSA) is 99.9 Å². The third-order valence-corrected chi connectivity index (χ3v) is 2.88. The number of nitrogen functional groups attached to an aromatic ring is 1. The standard InChI is InChI=1S/C13H15N5O/c1-8-11(6-14)13(18(2)17-8)16-7-9-5-10(15)3-4-12(9)19/h3-5,16,19H,7,15H2,1-2H3. The van der Waals surface area contributed by atoms with Crippen molar-refractivity contribution in [1.82, 2.24) is 9.78 Å². The Morgan fingerprint density at radius 2 is 2.26 bits per heavy atom. The lowest BCUT2D eigenvalue weighted by Gasteiger charge is -2.09. The summed E-state index contributed by atoms with van der Waals surface area (Å²) in [5.74, 6) is 0.793. The molecule has 0 spiro atoms. The minimum Gasteiger partial charge on any atom is -0.508 e. The van der Waals surface area contributed by atoms with E-state index in [9.17, 15) is 5.11 Å². The first-order valence-corrected chi connectivity index (χ1v) is 5.78. The summed E-state index contributed by atoms with van der Waals surface area (Å²) in [7, 11) is 1.76. The van der Waals surface area contributed by atoms with Crippen molar-refractivity contribution in [2.24, 2.45) is 7.05 Å². The fourth-order valence-electron chi connectivity index (χ4n) is 1.92. The van der Waals surface area contributed by atoms with E-state index in [0.29, 0.717) is 34.9 Å². The Kier molecular flexibility index (Phi) is 3.29. The van der Waals surface area contributed by atoms with Gasteiger partial charge in [0.2, 0.25) is 0 Å². The molecule has 6 nitrogen and oxygen atoms in total. The number of aromatic hydroxyl groups is 1. The van der Waals surface area contributed by atoms with E-state index < -0.39 is 0 Å². The number of nitrogens with two attached hydrogens (primary N) is 1. The summed E-state index contributed by atoms with van der Waals surface area (Å²) in [6, 6.07) is 6.99. The Hall–Kier alpha value is -2.68. The van der Waals surface area contributed by atoms with Crippen LogP contribution in [0.3, 0.4) is 0 Å². The van der Waals surface area contributed by atoms with Crippen molar-refractivity contribution >= 4 is 11.5 Å². The Morgan fingerprint density at radius 1 is 1.53 bits per heavy atom. The fraction of sp³-hybridized carbons (Fsp3) is 0.231. The monoisotopic (exact) mass is 257 g/mol. The Balaban J connectivity index is 2.24. The molecule has 1 aromatic heterocycles. The van der Waals surface area contributed by atoms with Gasteiger partial charge >= 0.3 is 0 Å². The molecule has 98 valence electrons. The zero-order chi connectivity index (χ0) is 14.0. The molecule has 0 saturated heterocycles. The van der Waals surface area contributed by atoms with Crippen molar-refractivity contribution < 1.29 is 5.11 Å². The molecule has 6 heteroatoms. The van der Waals surface area contributed by atoms with Crippen LogP contribution in [0.4, 0.5) is 11.5 Å². The highest BCUT2D eigenvalue weighted by Gasteiger charge is 2.12. The summed E-state index contributed by atoms with van der Waals surface area (Å²) in [5, 5.41) is 26.1. The average Bonchev–Trinajstić information content (AvgIpc) is 2.64. The molecule has 0 bridgehead atoms. The van der Waals surface area contributed by atoms with Gasteiger partial charge in [0.25, 0.3) is 0 Å². The second-order valence-electron chi connectivity index (χ2n) is 4.29. The highest BCUT2D eigenvalue weighted by atomic mass is 16.3. The number of phenols is 1. The number of aryl methyl sites for hydroxylation is 2. The second-order valence-corrected chi connectivity index (χ2v) is 4.29. The first-order chi connectivity index (χ1) is 9.02. The normalized spacial score (nSPS) is 10.2. The Morgan fingerprint density at radius 3 is 2.95 bits per heavy atom. The molecule has 19 heavy (non-hydrogen) atoms. The zero-order valence-corrected chi connectivity index (χ0v) is 10.8. The van der Waals surface area contributed by atoms with Crippen LogP contribution in [-0.4, -0.2) is 14.9 Å². The minimum atomic E-state index is 0.166. The summed E-state index contributed by atoms with van der Waals surface area (Å²) in [6.45, 7) is 2.15. The zero-order valence-electron chi connectivity index (χ0n) is 10.8. The van der Waals surface area contributed by atoms with E-state index in [4.69, 9.17) is 11.0 Å². The largest absolute Gasteiger partial charge is 0.508 e. The molecule has 0 saturated carbocycles. The SMILES string of the molecule is Cc1nn(C)c(NCc2cc(N)ccc2O)c1C#N. The predicted octanol–water partition coefficient (Wildman–Crippen LogP) is 1.50. The number of nitrogens with zero attached hydrogens (tertiary/aromatic N) is 3. The number of aromatic nitrogens is 2. The quantitative estimate of drug-likeness (QED) is 0.571. The van der Waals surface area contributed by atoms with Gasteiger partial charge in [-0.1, -0.05) is 0 Å². The van der Waals surface area contributed by atoms with E-state index in [1.54, 1.807) is 36.9 Å². The lowest BCUT2D eigenvalue weighted by Crippen LogP contribution is -2.06. The maximum Gasteiger partial charge on any atom is 0.142 e. The highest BCUT2D eigenvalue weighted by molar-refractivity contribution is 5.56. The van der Waals surface area contributed by atoms with Crippen LogP contribution in [0.15, 0.2) is 18.2 Å². The number of hydrogen-bond donors (Lipinski definition) is 3. The van der Waals surface area contributed by atoms with Crippen molar-refractivity contribution in [3.8, 4) is 11.8 Å². The van der Waals surface area contributed by atoms with E-state index in [1.165, 1.54) is 0 Å². The van der Waals surface area contributed by atoms with Crippen molar-refractivity contribution in [3.63, 3.8) is 0 Å². The van der Waals surface area contributed by atoms with Gasteiger partial charge in [0, 0.05) is 24.8 Å². The van der Waals surface area contributed by atoms with Crippen LogP contribution in [0.2, 0.25) is 0 Å². The highest BCUT2D eigenvalue weighted by Crippen LogP contribution is 2.23. The summed E-state index contributed by atoms with van der Waals surface area (Å²) < 4.78 is 1.61. The first kappa shape index (κ1) is 12.8. The van der Waals surface area contributed by atoms with Crippen LogP contribution in [0, 0.1) is 18.3 Å². The summed E-state index contributed by atoms with van der Waals surface area (Å²) >= 11 is 0. The number of benzene rings is 1. The van der Waals surface area contributed by atoms with Gasteiger partial charge in [0.15, 0.2) is 0 Å². The van der Waals surface area contributed by atoms with E-state index in [0.717, 1.165) is 0 Å². The Bertz CT molecular complexity index is 654. The molecule has 1 aromatic carbocycles. The van der Waals surface area contributed by atoms with Crippen LogP contribution in [0.25, 0.3) is 0 Å². The average molecular weight is 257 g/mol. The number of nitriles is 1. The molecule has 2 rings (SSSR count). The summed E-state index contributed by atoms with van der Waals surface area (Å²) in [6.07, 6.45) is 0. The molecule has 0 aliphatic rings. The lowest BCUT2D eigenvalue weighted by atomic mass is 10.1. The molecule has 1 heterocycles. The third-order valence-electron chi connectivity index (χ3n) is 2.88. The lowest BCUT2D eigenvalue weighted by molar-refractivity contribution is 0.469. The second kappa shape index (κ2) is 4.90. The molecule has 4 N–H and O–H groups in total. The Labute approximate surface area is 111 Å². The van der Waals surface area contributed by atoms with Crippen molar-refractivity contribution in [1.29, 1.82) is 5.26 Å². The van der Waals surface area contributed by atoms with Crippen LogP contribution in [0.1, 0.15) is 16.8 Å². The van der Waals surface area contributed by atoms with Gasteiger partial charge < -0.3 is 16.2 Å². The number of nitrogens with one attached hydrogen (secondary N) is 1. The van der Waals surface area contributed by atoms with Gasteiger partial charge in [-0.15, -0.1) is 0 Å². The van der Waals surface area contributed by atoms with Gasteiger partial charge in [0.05, 0.1) is 5.69 Å². The van der Waals surface area contributed by atoms with Gasteiger partial charge in [-0.05, 0) is 25.1 Å². The van der Waals surface area contributed by atoms with Crippen LogP contribution < -0.4 is 11.1 Å². The third kappa shape index (κ3) is 2.45. The van der Waals surface area contributed by atoms with Crippen molar-refractivity contribution in [2.45, 2.75) is 13.5 Å². The minimum absolute atomic E-state index is 0.166. The number of anilines is 2. The molecular weight excluding hydrogens is 242 g/mol. The number of rotatable bonds is 3.